The van der Waals surface area contributed by atoms with Crippen molar-refractivity contribution in [2.45, 2.75) is 19.6 Å². The summed E-state index contributed by atoms with van der Waals surface area (Å²) < 4.78 is 20.7. The highest BCUT2D eigenvalue weighted by Crippen LogP contribution is 2.22. The first-order valence-corrected chi connectivity index (χ1v) is 5.51. The van der Waals surface area contributed by atoms with E-state index in [9.17, 15) is 9.50 Å². The van der Waals surface area contributed by atoms with Crippen molar-refractivity contribution in [3.05, 3.63) is 41.7 Å². The first kappa shape index (κ1) is 12.5. The van der Waals surface area contributed by atoms with Crippen LogP contribution in [0.4, 0.5) is 4.39 Å². The van der Waals surface area contributed by atoms with Crippen molar-refractivity contribution in [1.29, 1.82) is 0 Å². The van der Waals surface area contributed by atoms with E-state index in [2.05, 4.69) is 10.2 Å². The van der Waals surface area contributed by atoms with E-state index in [1.165, 1.54) is 19.1 Å². The molecule has 1 N–H and O–H groups in total. The number of hydrogen-bond donors (Lipinski definition) is 1. The maximum atomic E-state index is 13.6. The van der Waals surface area contributed by atoms with Gasteiger partial charge >= 0.3 is 0 Å². The minimum Gasteiger partial charge on any atom is -0.486 e. The number of aliphatic hydroxyl groups excluding tert-OH is 1. The number of rotatable bonds is 4. The molecule has 2 aromatic rings. The second-order valence-corrected chi connectivity index (χ2v) is 4.01. The summed E-state index contributed by atoms with van der Waals surface area (Å²) in [5.41, 5.74) is 0.251. The van der Waals surface area contributed by atoms with E-state index in [0.717, 1.165) is 0 Å². The highest BCUT2D eigenvalue weighted by molar-refractivity contribution is 5.30. The second kappa shape index (κ2) is 5.14. The Morgan fingerprint density at radius 1 is 1.50 bits per heavy atom. The molecular weight excluding hydrogens is 237 g/mol. The molecular formula is C12H14FN3O2. The summed E-state index contributed by atoms with van der Waals surface area (Å²) in [5, 5.41) is 16.9. The molecule has 0 aliphatic carbocycles. The van der Waals surface area contributed by atoms with Crippen LogP contribution in [0.1, 0.15) is 24.4 Å². The topological polar surface area (TPSA) is 60.2 Å². The van der Waals surface area contributed by atoms with Gasteiger partial charge in [-0.2, -0.15) is 0 Å². The number of nitrogens with zero attached hydrogens (tertiary/aromatic N) is 3. The number of hydrogen-bond acceptors (Lipinski definition) is 4. The van der Waals surface area contributed by atoms with Gasteiger partial charge in [0, 0.05) is 18.7 Å². The smallest absolute Gasteiger partial charge is 0.170 e. The van der Waals surface area contributed by atoms with Crippen LogP contribution in [-0.2, 0) is 13.7 Å². The molecule has 0 amide bonds. The van der Waals surface area contributed by atoms with Gasteiger partial charge in [-0.15, -0.1) is 10.2 Å². The first-order valence-electron chi connectivity index (χ1n) is 5.51. The van der Waals surface area contributed by atoms with Crippen LogP contribution in [0.3, 0.4) is 0 Å². The Hall–Kier alpha value is -1.95. The molecule has 0 saturated carbocycles. The van der Waals surface area contributed by atoms with E-state index < -0.39 is 11.9 Å². The van der Waals surface area contributed by atoms with Gasteiger partial charge in [-0.25, -0.2) is 4.39 Å². The van der Waals surface area contributed by atoms with Crippen LogP contribution in [0.2, 0.25) is 0 Å². The lowest BCUT2D eigenvalue weighted by Crippen LogP contribution is -2.04. The fourth-order valence-electron chi connectivity index (χ4n) is 1.52. The summed E-state index contributed by atoms with van der Waals surface area (Å²) >= 11 is 0. The molecule has 0 fully saturated rings. The van der Waals surface area contributed by atoms with Crippen LogP contribution in [0, 0.1) is 5.82 Å². The van der Waals surface area contributed by atoms with Crippen LogP contribution in [-0.4, -0.2) is 19.9 Å². The summed E-state index contributed by atoms with van der Waals surface area (Å²) in [7, 11) is 1.80. The third-order valence-electron chi connectivity index (χ3n) is 2.60. The van der Waals surface area contributed by atoms with Crippen molar-refractivity contribution in [3.8, 4) is 5.75 Å². The molecule has 1 atom stereocenters. The molecule has 5 nitrogen and oxygen atoms in total. The van der Waals surface area contributed by atoms with Gasteiger partial charge in [-0.05, 0) is 19.1 Å². The van der Waals surface area contributed by atoms with Crippen LogP contribution < -0.4 is 4.74 Å². The third-order valence-corrected chi connectivity index (χ3v) is 2.60. The number of halogens is 1. The van der Waals surface area contributed by atoms with E-state index >= 15 is 0 Å². The van der Waals surface area contributed by atoms with E-state index in [-0.39, 0.29) is 12.2 Å². The Balaban J connectivity index is 2.07. The molecule has 96 valence electrons. The lowest BCUT2D eigenvalue weighted by molar-refractivity contribution is 0.193. The number of ether oxygens (including phenoxy) is 1. The van der Waals surface area contributed by atoms with Gasteiger partial charge < -0.3 is 14.4 Å². The molecule has 1 aromatic heterocycles. The molecule has 0 unspecified atom stereocenters. The molecule has 0 aliphatic rings. The zero-order valence-corrected chi connectivity index (χ0v) is 10.2. The Bertz CT molecular complexity index is 540. The van der Waals surface area contributed by atoms with Crippen LogP contribution >= 0.6 is 0 Å². The highest BCUT2D eigenvalue weighted by Gasteiger charge is 2.09. The Labute approximate surface area is 104 Å². The van der Waals surface area contributed by atoms with Crippen LogP contribution in [0.15, 0.2) is 24.5 Å². The number of benzene rings is 1. The van der Waals surface area contributed by atoms with Gasteiger partial charge in [0.2, 0.25) is 0 Å². The van der Waals surface area contributed by atoms with Crippen molar-refractivity contribution in [2.24, 2.45) is 7.05 Å². The largest absolute Gasteiger partial charge is 0.486 e. The monoisotopic (exact) mass is 251 g/mol. The molecule has 0 spiro atoms. The summed E-state index contributed by atoms with van der Waals surface area (Å²) in [4.78, 5) is 0. The van der Waals surface area contributed by atoms with E-state index in [1.54, 1.807) is 24.0 Å². The SMILES string of the molecule is C[C@H](O)c1ccc(OCc2nncn2C)cc1F. The average Bonchev–Trinajstić information content (AvgIpc) is 2.72. The van der Waals surface area contributed by atoms with Crippen LogP contribution in [0.5, 0.6) is 5.75 Å². The molecule has 0 aliphatic heterocycles. The molecule has 1 aromatic carbocycles. The summed E-state index contributed by atoms with van der Waals surface area (Å²) in [6, 6.07) is 4.37. The summed E-state index contributed by atoms with van der Waals surface area (Å²) in [6.45, 7) is 1.72. The van der Waals surface area contributed by atoms with Crippen molar-refractivity contribution in [2.75, 3.05) is 0 Å². The quantitative estimate of drug-likeness (QED) is 0.896. The van der Waals surface area contributed by atoms with E-state index in [0.29, 0.717) is 11.6 Å². The lowest BCUT2D eigenvalue weighted by atomic mass is 10.1. The minimum atomic E-state index is -0.835. The van der Waals surface area contributed by atoms with Gasteiger partial charge in [0.25, 0.3) is 0 Å². The molecule has 2 rings (SSSR count). The standard InChI is InChI=1S/C12H14FN3O2/c1-8(17)10-4-3-9(5-11(10)13)18-6-12-15-14-7-16(12)2/h3-5,7-8,17H,6H2,1-2H3/t8-/m0/s1. The first-order chi connectivity index (χ1) is 8.58. The third kappa shape index (κ3) is 2.65. The lowest BCUT2D eigenvalue weighted by Gasteiger charge is -2.09. The summed E-state index contributed by atoms with van der Waals surface area (Å²) in [5.74, 6) is 0.551. The normalized spacial score (nSPS) is 12.4. The van der Waals surface area contributed by atoms with Gasteiger partial charge in [0.15, 0.2) is 5.82 Å². The van der Waals surface area contributed by atoms with Gasteiger partial charge in [0.05, 0.1) is 6.10 Å². The molecule has 1 heterocycles. The molecule has 18 heavy (non-hydrogen) atoms. The van der Waals surface area contributed by atoms with Crippen molar-refractivity contribution < 1.29 is 14.2 Å². The Kier molecular flexibility index (Phi) is 3.57. The zero-order valence-electron chi connectivity index (χ0n) is 10.2. The fraction of sp³-hybridized carbons (Fsp3) is 0.333. The minimum absolute atomic E-state index is 0.212. The Morgan fingerprint density at radius 2 is 2.28 bits per heavy atom. The van der Waals surface area contributed by atoms with Crippen molar-refractivity contribution >= 4 is 0 Å². The zero-order chi connectivity index (χ0) is 13.1. The molecule has 0 saturated heterocycles. The van der Waals surface area contributed by atoms with Gasteiger partial charge in [-0.1, -0.05) is 0 Å². The van der Waals surface area contributed by atoms with Crippen LogP contribution in [0.25, 0.3) is 0 Å². The van der Waals surface area contributed by atoms with Crippen molar-refractivity contribution in [1.82, 2.24) is 14.8 Å². The molecule has 0 radical (unpaired) electrons. The summed E-state index contributed by atoms with van der Waals surface area (Å²) in [6.07, 6.45) is 0.730. The average molecular weight is 251 g/mol. The fourth-order valence-corrected chi connectivity index (χ4v) is 1.52. The van der Waals surface area contributed by atoms with Gasteiger partial charge in [0.1, 0.15) is 24.5 Å². The Morgan fingerprint density at radius 3 is 2.83 bits per heavy atom. The second-order valence-electron chi connectivity index (χ2n) is 4.01. The number of aliphatic hydroxyl groups is 1. The maximum Gasteiger partial charge on any atom is 0.170 e. The predicted octanol–water partition coefficient (Wildman–Crippen LogP) is 1.59. The predicted molar refractivity (Wildman–Crippen MR) is 62.4 cm³/mol. The number of aryl methyl sites for hydroxylation is 1. The molecule has 0 bridgehead atoms. The van der Waals surface area contributed by atoms with Crippen molar-refractivity contribution in [3.63, 3.8) is 0 Å². The maximum absolute atomic E-state index is 13.6. The molecule has 6 heteroatoms. The van der Waals surface area contributed by atoms with E-state index in [4.69, 9.17) is 4.74 Å². The van der Waals surface area contributed by atoms with Gasteiger partial charge in [-0.3, -0.25) is 0 Å². The highest BCUT2D eigenvalue weighted by atomic mass is 19.1. The number of aromatic nitrogens is 3. The van der Waals surface area contributed by atoms with E-state index in [1.807, 2.05) is 0 Å².